The van der Waals surface area contributed by atoms with E-state index in [9.17, 15) is 0 Å². The molecule has 0 aromatic heterocycles. The Morgan fingerprint density at radius 3 is 2.30 bits per heavy atom. The maximum absolute atomic E-state index is 8.52. The number of aliphatic hydroxyl groups is 1. The van der Waals surface area contributed by atoms with Gasteiger partial charge >= 0.3 is 51.4 Å². The van der Waals surface area contributed by atoms with Crippen LogP contribution in [0.15, 0.2) is 30.3 Å². The molecule has 2 heteroatoms. The smallest absolute Gasteiger partial charge is 1.00 e. The second-order valence-corrected chi connectivity index (χ2v) is 1.96. The van der Waals surface area contributed by atoms with Crippen molar-refractivity contribution in [2.45, 2.75) is 6.42 Å². The van der Waals surface area contributed by atoms with E-state index in [0.29, 0.717) is 0 Å². The molecule has 0 saturated heterocycles. The van der Waals surface area contributed by atoms with Gasteiger partial charge in [0.1, 0.15) is 0 Å². The van der Waals surface area contributed by atoms with E-state index in [2.05, 4.69) is 0 Å². The molecule has 0 aliphatic heterocycles. The third-order valence-electron chi connectivity index (χ3n) is 1.24. The zero-order chi connectivity index (χ0) is 6.53. The maximum Gasteiger partial charge on any atom is 1.00 e. The van der Waals surface area contributed by atoms with Crippen molar-refractivity contribution in [1.82, 2.24) is 0 Å². The maximum atomic E-state index is 8.52. The molecule has 0 radical (unpaired) electrons. The van der Waals surface area contributed by atoms with Crippen molar-refractivity contribution in [2.75, 3.05) is 6.61 Å². The second kappa shape index (κ2) is 6.52. The van der Waals surface area contributed by atoms with Crippen LogP contribution in [-0.2, 0) is 6.42 Å². The number of hydrogen-bond donors (Lipinski definition) is 1. The number of benzene rings is 1. The van der Waals surface area contributed by atoms with Gasteiger partial charge in [0, 0.05) is 6.61 Å². The van der Waals surface area contributed by atoms with Crippen LogP contribution in [0, 0.1) is 0 Å². The van der Waals surface area contributed by atoms with Crippen molar-refractivity contribution in [2.24, 2.45) is 0 Å². The Morgan fingerprint density at radius 2 is 1.80 bits per heavy atom. The van der Waals surface area contributed by atoms with Gasteiger partial charge in [0.15, 0.2) is 0 Å². The summed E-state index contributed by atoms with van der Waals surface area (Å²) in [5.74, 6) is 0. The molecule has 0 aliphatic carbocycles. The van der Waals surface area contributed by atoms with Gasteiger partial charge in [0.05, 0.1) is 0 Å². The van der Waals surface area contributed by atoms with Crippen molar-refractivity contribution in [1.29, 1.82) is 0 Å². The van der Waals surface area contributed by atoms with Crippen LogP contribution < -0.4 is 51.4 Å². The van der Waals surface area contributed by atoms with Gasteiger partial charge in [0.25, 0.3) is 0 Å². The van der Waals surface area contributed by atoms with Gasteiger partial charge in [-0.3, -0.25) is 0 Å². The topological polar surface area (TPSA) is 20.2 Å². The molecule has 0 spiro atoms. The normalized spacial score (nSPS) is 8.50. The minimum Gasteiger partial charge on any atom is -1.00 e. The first kappa shape index (κ1) is 10.8. The summed E-state index contributed by atoms with van der Waals surface area (Å²) in [5.41, 5.74) is 1.19. The van der Waals surface area contributed by atoms with Crippen LogP contribution >= 0.6 is 0 Å². The first-order valence-corrected chi connectivity index (χ1v) is 3.08. The van der Waals surface area contributed by atoms with E-state index in [0.717, 1.165) is 6.42 Å². The first-order valence-electron chi connectivity index (χ1n) is 3.08. The van der Waals surface area contributed by atoms with Gasteiger partial charge in [-0.25, -0.2) is 0 Å². The molecule has 0 amide bonds. The van der Waals surface area contributed by atoms with Crippen LogP contribution in [0.4, 0.5) is 0 Å². The predicted molar refractivity (Wildman–Crippen MR) is 38.3 cm³/mol. The van der Waals surface area contributed by atoms with E-state index in [1.165, 1.54) is 5.56 Å². The fraction of sp³-hybridized carbons (Fsp3) is 0.250. The molecule has 0 heterocycles. The van der Waals surface area contributed by atoms with Crippen molar-refractivity contribution in [3.8, 4) is 0 Å². The van der Waals surface area contributed by atoms with Crippen molar-refractivity contribution in [3.63, 3.8) is 0 Å². The van der Waals surface area contributed by atoms with E-state index in [4.69, 9.17) is 5.11 Å². The van der Waals surface area contributed by atoms with Crippen LogP contribution in [0.3, 0.4) is 0 Å². The van der Waals surface area contributed by atoms with Gasteiger partial charge < -0.3 is 6.53 Å². The largest absolute Gasteiger partial charge is 1.00 e. The quantitative estimate of drug-likeness (QED) is 0.516. The van der Waals surface area contributed by atoms with Crippen molar-refractivity contribution in [3.05, 3.63) is 35.9 Å². The number of aliphatic hydroxyl groups excluding tert-OH is 1. The van der Waals surface area contributed by atoms with Crippen molar-refractivity contribution < 1.29 is 57.9 Å². The van der Waals surface area contributed by atoms with E-state index in [1.54, 1.807) is 0 Å². The Balaban J connectivity index is 0. The Kier molecular flexibility index (Phi) is 7.05. The summed E-state index contributed by atoms with van der Waals surface area (Å²) in [4.78, 5) is 0. The molecule has 0 fully saturated rings. The minimum atomic E-state index is 0. The predicted octanol–water partition coefficient (Wildman–Crippen LogP) is -1.66. The molecule has 50 valence electrons. The van der Waals surface area contributed by atoms with Gasteiger partial charge in [0.2, 0.25) is 0 Å². The third-order valence-corrected chi connectivity index (χ3v) is 1.24. The molecular formula is C8H11KO. The third kappa shape index (κ3) is 3.86. The van der Waals surface area contributed by atoms with Crippen LogP contribution in [-0.4, -0.2) is 11.7 Å². The summed E-state index contributed by atoms with van der Waals surface area (Å²) in [6.45, 7) is 0.240. The van der Waals surface area contributed by atoms with Gasteiger partial charge in [-0.1, -0.05) is 30.3 Å². The molecule has 1 nitrogen and oxygen atoms in total. The summed E-state index contributed by atoms with van der Waals surface area (Å²) in [6.07, 6.45) is 0.765. The van der Waals surface area contributed by atoms with Crippen LogP contribution in [0.5, 0.6) is 0 Å². The van der Waals surface area contributed by atoms with E-state index in [-0.39, 0.29) is 59.4 Å². The van der Waals surface area contributed by atoms with Crippen LogP contribution in [0.25, 0.3) is 0 Å². The molecule has 1 N–H and O–H groups in total. The standard InChI is InChI=1S/C8H10O.K.H/c9-7-6-8-4-2-1-3-5-8;;/h1-5,9H,6-7H2;;/q;+1;-1. The van der Waals surface area contributed by atoms with Crippen LogP contribution in [0.2, 0.25) is 0 Å². The average Bonchev–Trinajstić information content (AvgIpc) is 1.91. The zero-order valence-electron chi connectivity index (χ0n) is 7.25. The monoisotopic (exact) mass is 162 g/mol. The Labute approximate surface area is 105 Å². The van der Waals surface area contributed by atoms with Crippen molar-refractivity contribution >= 4 is 0 Å². The molecule has 1 aromatic rings. The van der Waals surface area contributed by atoms with E-state index in [1.807, 2.05) is 30.3 Å². The summed E-state index contributed by atoms with van der Waals surface area (Å²) in [5, 5.41) is 8.52. The molecule has 1 aromatic carbocycles. The Hall–Kier alpha value is 0.816. The molecule has 0 saturated carbocycles. The zero-order valence-corrected chi connectivity index (χ0v) is 9.37. The summed E-state index contributed by atoms with van der Waals surface area (Å²) < 4.78 is 0. The molecule has 0 atom stereocenters. The first-order chi connectivity index (χ1) is 4.43. The summed E-state index contributed by atoms with van der Waals surface area (Å²) >= 11 is 0. The van der Waals surface area contributed by atoms with Gasteiger partial charge in [-0.05, 0) is 12.0 Å². The summed E-state index contributed by atoms with van der Waals surface area (Å²) in [7, 11) is 0. The Bertz CT molecular complexity index is 167. The number of rotatable bonds is 2. The molecule has 1 rings (SSSR count). The second-order valence-electron chi connectivity index (χ2n) is 1.96. The average molecular weight is 162 g/mol. The minimum absolute atomic E-state index is 0. The molecule has 0 unspecified atom stereocenters. The number of hydrogen-bond acceptors (Lipinski definition) is 1. The molecule has 0 aliphatic rings. The molecule has 10 heavy (non-hydrogen) atoms. The molecular weight excluding hydrogens is 151 g/mol. The SMILES string of the molecule is OCCc1ccccc1.[H-].[K+]. The summed E-state index contributed by atoms with van der Waals surface area (Å²) in [6, 6.07) is 9.95. The fourth-order valence-corrected chi connectivity index (χ4v) is 0.774. The molecule has 0 bridgehead atoms. The fourth-order valence-electron chi connectivity index (χ4n) is 0.774. The van der Waals surface area contributed by atoms with Gasteiger partial charge in [-0.2, -0.15) is 0 Å². The van der Waals surface area contributed by atoms with Crippen LogP contribution in [0.1, 0.15) is 6.99 Å². The van der Waals surface area contributed by atoms with E-state index >= 15 is 0 Å². The Morgan fingerprint density at radius 1 is 1.20 bits per heavy atom. The van der Waals surface area contributed by atoms with E-state index < -0.39 is 0 Å². The van der Waals surface area contributed by atoms with Gasteiger partial charge in [-0.15, -0.1) is 0 Å².